The molecule has 112 valence electrons. The minimum Gasteiger partial charge on any atom is -0.224 e. The van der Waals surface area contributed by atoms with Gasteiger partial charge in [0, 0.05) is 16.3 Å². The predicted octanol–water partition coefficient (Wildman–Crippen LogP) is 5.13. The quantitative estimate of drug-likeness (QED) is 0.474. The highest BCUT2D eigenvalue weighted by molar-refractivity contribution is 9.10. The van der Waals surface area contributed by atoms with Gasteiger partial charge in [0.25, 0.3) is 0 Å². The first kappa shape index (κ1) is 16.9. The molecule has 0 spiro atoms. The summed E-state index contributed by atoms with van der Waals surface area (Å²) < 4.78 is 37.4. The van der Waals surface area contributed by atoms with Gasteiger partial charge in [-0.25, -0.2) is 12.8 Å². The minimum absolute atomic E-state index is 0.222. The molecule has 0 aliphatic heterocycles. The van der Waals surface area contributed by atoms with Crippen LogP contribution in [0.1, 0.15) is 16.0 Å². The van der Waals surface area contributed by atoms with Crippen molar-refractivity contribution in [2.24, 2.45) is 0 Å². The fourth-order valence-corrected chi connectivity index (χ4v) is 3.57. The zero-order chi connectivity index (χ0) is 15.8. The largest absolute Gasteiger partial charge is 0.224 e. The average molecular weight is 457 g/mol. The lowest BCUT2D eigenvalue weighted by molar-refractivity contribution is 0.601. The topological polar surface area (TPSA) is 34.1 Å². The van der Waals surface area contributed by atoms with Gasteiger partial charge in [0.15, 0.2) is 9.84 Å². The number of hydrogen-bond donors (Lipinski definition) is 0. The molecule has 0 aliphatic carbocycles. The highest BCUT2D eigenvalue weighted by atomic mass is 79.9. The van der Waals surface area contributed by atoms with Crippen molar-refractivity contribution in [1.82, 2.24) is 0 Å². The van der Waals surface area contributed by atoms with Crippen molar-refractivity contribution in [3.63, 3.8) is 0 Å². The Bertz CT molecular complexity index is 776. The van der Waals surface area contributed by atoms with Crippen molar-refractivity contribution < 1.29 is 12.8 Å². The summed E-state index contributed by atoms with van der Waals surface area (Å²) in [6.07, 6.45) is 1.14. The Kier molecular flexibility index (Phi) is 5.13. The maximum absolute atomic E-state index is 14.0. The second kappa shape index (κ2) is 6.36. The lowest BCUT2D eigenvalue weighted by atomic mass is 10.0. The van der Waals surface area contributed by atoms with E-state index < -0.39 is 20.5 Å². The zero-order valence-corrected chi connectivity index (χ0v) is 15.5. The fourth-order valence-electron chi connectivity index (χ4n) is 1.80. The van der Waals surface area contributed by atoms with Gasteiger partial charge in [-0.2, -0.15) is 0 Å². The molecule has 2 rings (SSSR count). The SMILES string of the molecule is CS(=O)(=O)c1ccc(C(Br)c2cc(Cl)c(Br)cc2F)cc1. The molecule has 7 heteroatoms. The van der Waals surface area contributed by atoms with E-state index in [4.69, 9.17) is 11.6 Å². The molecule has 0 radical (unpaired) electrons. The number of halogens is 4. The Labute approximate surface area is 144 Å². The molecule has 2 aromatic rings. The molecule has 0 aromatic heterocycles. The minimum atomic E-state index is -3.25. The summed E-state index contributed by atoms with van der Waals surface area (Å²) in [5.41, 5.74) is 1.12. The van der Waals surface area contributed by atoms with Crippen LogP contribution in [0.3, 0.4) is 0 Å². The molecule has 0 amide bonds. The molecule has 2 nitrogen and oxygen atoms in total. The highest BCUT2D eigenvalue weighted by Crippen LogP contribution is 2.36. The van der Waals surface area contributed by atoms with Gasteiger partial charge in [-0.1, -0.05) is 39.7 Å². The van der Waals surface area contributed by atoms with Crippen LogP contribution in [0.4, 0.5) is 4.39 Å². The molecule has 0 saturated heterocycles. The van der Waals surface area contributed by atoms with Crippen LogP contribution in [-0.2, 0) is 9.84 Å². The number of alkyl halides is 1. The first-order valence-electron chi connectivity index (χ1n) is 5.78. The van der Waals surface area contributed by atoms with E-state index in [1.807, 2.05) is 0 Å². The van der Waals surface area contributed by atoms with Crippen LogP contribution >= 0.6 is 43.5 Å². The van der Waals surface area contributed by atoms with Crippen LogP contribution in [-0.4, -0.2) is 14.7 Å². The lowest BCUT2D eigenvalue weighted by Crippen LogP contribution is -2.00. The van der Waals surface area contributed by atoms with E-state index in [0.717, 1.165) is 11.8 Å². The van der Waals surface area contributed by atoms with Crippen LogP contribution in [0.5, 0.6) is 0 Å². The molecule has 1 unspecified atom stereocenters. The van der Waals surface area contributed by atoms with Crippen molar-refractivity contribution in [3.05, 3.63) is 62.8 Å². The first-order chi connectivity index (χ1) is 9.70. The Balaban J connectivity index is 2.41. The average Bonchev–Trinajstić information content (AvgIpc) is 2.41. The zero-order valence-electron chi connectivity index (χ0n) is 10.8. The second-order valence-corrected chi connectivity index (χ2v) is 8.68. The van der Waals surface area contributed by atoms with Crippen molar-refractivity contribution in [3.8, 4) is 0 Å². The number of benzene rings is 2. The van der Waals surface area contributed by atoms with E-state index in [1.165, 1.54) is 24.3 Å². The van der Waals surface area contributed by atoms with Gasteiger partial charge in [-0.15, -0.1) is 0 Å². The van der Waals surface area contributed by atoms with Crippen LogP contribution < -0.4 is 0 Å². The lowest BCUT2D eigenvalue weighted by Gasteiger charge is -2.13. The summed E-state index contributed by atoms with van der Waals surface area (Å²) in [7, 11) is -3.25. The summed E-state index contributed by atoms with van der Waals surface area (Å²) in [6.45, 7) is 0. The molecule has 0 fully saturated rings. The molecule has 0 heterocycles. The molecule has 0 N–H and O–H groups in total. The molecule has 0 aliphatic rings. The number of sulfone groups is 1. The molecule has 21 heavy (non-hydrogen) atoms. The second-order valence-electron chi connectivity index (χ2n) is 4.49. The van der Waals surface area contributed by atoms with Crippen LogP contribution in [0.2, 0.25) is 5.02 Å². The van der Waals surface area contributed by atoms with Gasteiger partial charge in [0.05, 0.1) is 14.7 Å². The van der Waals surface area contributed by atoms with Crippen molar-refractivity contribution in [2.75, 3.05) is 6.26 Å². The predicted molar refractivity (Wildman–Crippen MR) is 89.4 cm³/mol. The molecule has 0 bridgehead atoms. The van der Waals surface area contributed by atoms with Gasteiger partial charge in [0.2, 0.25) is 0 Å². The Hall–Kier alpha value is -0.430. The molecule has 0 saturated carbocycles. The standard InChI is InChI=1S/C14H10Br2ClFO2S/c1-21(19,20)9-4-2-8(3-5-9)14(16)10-6-12(17)11(15)7-13(10)18/h2-7,14H,1H3. The van der Waals surface area contributed by atoms with E-state index in [-0.39, 0.29) is 4.90 Å². The molecular formula is C14H10Br2ClFO2S. The maximum Gasteiger partial charge on any atom is 0.175 e. The van der Waals surface area contributed by atoms with Gasteiger partial charge < -0.3 is 0 Å². The Morgan fingerprint density at radius 1 is 1.19 bits per heavy atom. The normalized spacial score (nSPS) is 13.2. The van der Waals surface area contributed by atoms with E-state index in [1.54, 1.807) is 12.1 Å². The van der Waals surface area contributed by atoms with Crippen molar-refractivity contribution in [2.45, 2.75) is 9.72 Å². The monoisotopic (exact) mass is 454 g/mol. The third-order valence-corrected chi connectivity index (χ3v) is 6.26. The third-order valence-electron chi connectivity index (χ3n) is 2.91. The van der Waals surface area contributed by atoms with Gasteiger partial charge >= 0.3 is 0 Å². The van der Waals surface area contributed by atoms with Crippen LogP contribution in [0.25, 0.3) is 0 Å². The van der Waals surface area contributed by atoms with Gasteiger partial charge in [0.1, 0.15) is 5.82 Å². The molecular weight excluding hydrogens is 446 g/mol. The molecule has 1 atom stereocenters. The van der Waals surface area contributed by atoms with Crippen LogP contribution in [0, 0.1) is 5.82 Å². The van der Waals surface area contributed by atoms with Crippen molar-refractivity contribution in [1.29, 1.82) is 0 Å². The van der Waals surface area contributed by atoms with Crippen molar-refractivity contribution >= 4 is 53.3 Å². The van der Waals surface area contributed by atoms with E-state index in [0.29, 0.717) is 15.1 Å². The third kappa shape index (κ3) is 3.86. The summed E-state index contributed by atoms with van der Waals surface area (Å²) in [6, 6.07) is 9.12. The Morgan fingerprint density at radius 3 is 2.29 bits per heavy atom. The summed E-state index contributed by atoms with van der Waals surface area (Å²) in [5, 5.41) is 0.406. The Morgan fingerprint density at radius 2 is 1.76 bits per heavy atom. The summed E-state index contributed by atoms with van der Waals surface area (Å²) >= 11 is 12.6. The van der Waals surface area contributed by atoms with Gasteiger partial charge in [-0.05, 0) is 45.8 Å². The maximum atomic E-state index is 14.0. The molecule has 2 aromatic carbocycles. The number of hydrogen-bond acceptors (Lipinski definition) is 2. The first-order valence-corrected chi connectivity index (χ1v) is 9.76. The fraction of sp³-hybridized carbons (Fsp3) is 0.143. The number of rotatable bonds is 3. The van der Waals surface area contributed by atoms with Gasteiger partial charge in [-0.3, -0.25) is 0 Å². The van der Waals surface area contributed by atoms with E-state index in [2.05, 4.69) is 31.9 Å². The summed E-state index contributed by atoms with van der Waals surface area (Å²) in [4.78, 5) is -0.197. The van der Waals surface area contributed by atoms with Crippen LogP contribution in [0.15, 0.2) is 45.8 Å². The van der Waals surface area contributed by atoms with E-state index in [9.17, 15) is 12.8 Å². The highest BCUT2D eigenvalue weighted by Gasteiger charge is 2.17. The summed E-state index contributed by atoms with van der Waals surface area (Å²) in [5.74, 6) is -0.402. The van der Waals surface area contributed by atoms with E-state index >= 15 is 0 Å². The smallest absolute Gasteiger partial charge is 0.175 e.